The first-order valence-electron chi connectivity index (χ1n) is 13.9. The van der Waals surface area contributed by atoms with Crippen LogP contribution in [0.4, 0.5) is 0 Å². The third kappa shape index (κ3) is 7.97. The minimum Gasteiger partial charge on any atom is -0.337 e. The first-order valence-corrected chi connectivity index (χ1v) is 17.2. The molecule has 4 rings (SSSR count). The molecule has 3 aromatic rings. The minimum atomic E-state index is -5.10. The van der Waals surface area contributed by atoms with Gasteiger partial charge in [0.2, 0.25) is 17.7 Å². The summed E-state index contributed by atoms with van der Waals surface area (Å²) in [6.07, 6.45) is 1.20. The van der Waals surface area contributed by atoms with Gasteiger partial charge in [0.15, 0.2) is 0 Å². The molecule has 1 aliphatic rings. The molecule has 1 aliphatic heterocycles. The van der Waals surface area contributed by atoms with Crippen molar-refractivity contribution >= 4 is 43.5 Å². The standard InChI is InChI=1S/C30H35N3O9P2/c1-20(34)33(29(35)25(31)17-22-12-15-27(43(37,38)39)28(18-22)44(40,41)42)26-9-5-6-16-32(30(26)36)19-21-10-13-24(14-11-21)23-7-3-2-4-8-23/h2-4,7-8,10-15,18,25-26H,5-6,9,16-17,19,31H2,1H3,(H2,37,38,39)(H2,40,41,42). The fraction of sp³-hybridized carbons (Fsp3) is 0.300. The van der Waals surface area contributed by atoms with E-state index in [1.807, 2.05) is 54.6 Å². The highest BCUT2D eigenvalue weighted by Crippen LogP contribution is 2.40. The molecule has 0 spiro atoms. The number of likely N-dealkylation sites (tertiary alicyclic amines) is 1. The third-order valence-corrected chi connectivity index (χ3v) is 9.71. The van der Waals surface area contributed by atoms with Crippen molar-refractivity contribution in [2.75, 3.05) is 6.54 Å². The highest BCUT2D eigenvalue weighted by atomic mass is 31.2. The summed E-state index contributed by atoms with van der Waals surface area (Å²) in [4.78, 5) is 80.8. The zero-order valence-electron chi connectivity index (χ0n) is 24.0. The molecule has 0 saturated carbocycles. The largest absolute Gasteiger partial charge is 0.357 e. The van der Waals surface area contributed by atoms with Crippen molar-refractivity contribution in [1.82, 2.24) is 9.80 Å². The number of nitrogens with zero attached hydrogens (tertiary/aromatic N) is 2. The first-order chi connectivity index (χ1) is 20.7. The molecule has 1 saturated heterocycles. The lowest BCUT2D eigenvalue weighted by molar-refractivity contribution is -0.154. The van der Waals surface area contributed by atoms with Crippen molar-refractivity contribution in [3.05, 3.63) is 83.9 Å². The smallest absolute Gasteiger partial charge is 0.337 e. The van der Waals surface area contributed by atoms with E-state index < -0.39 is 49.7 Å². The zero-order chi connectivity index (χ0) is 32.2. The van der Waals surface area contributed by atoms with E-state index in [0.29, 0.717) is 19.4 Å². The Labute approximate surface area is 254 Å². The maximum atomic E-state index is 13.7. The average Bonchev–Trinajstić information content (AvgIpc) is 3.13. The summed E-state index contributed by atoms with van der Waals surface area (Å²) < 4.78 is 23.7. The second-order valence-electron chi connectivity index (χ2n) is 10.8. The second kappa shape index (κ2) is 13.7. The Balaban J connectivity index is 1.52. The summed E-state index contributed by atoms with van der Waals surface area (Å²) in [6.45, 7) is 1.89. The molecule has 44 heavy (non-hydrogen) atoms. The van der Waals surface area contributed by atoms with Gasteiger partial charge in [-0.15, -0.1) is 0 Å². The number of imide groups is 1. The van der Waals surface area contributed by atoms with Crippen LogP contribution in [-0.2, 0) is 36.5 Å². The number of hydrogen-bond acceptors (Lipinski definition) is 6. The molecule has 14 heteroatoms. The van der Waals surface area contributed by atoms with Crippen molar-refractivity contribution in [3.63, 3.8) is 0 Å². The Kier molecular flexibility index (Phi) is 10.4. The van der Waals surface area contributed by atoms with Gasteiger partial charge >= 0.3 is 15.2 Å². The van der Waals surface area contributed by atoms with Crippen LogP contribution in [0.25, 0.3) is 11.1 Å². The molecular formula is C30H35N3O9P2. The molecule has 1 fully saturated rings. The van der Waals surface area contributed by atoms with E-state index in [4.69, 9.17) is 5.73 Å². The fourth-order valence-corrected chi connectivity index (χ4v) is 7.48. The summed E-state index contributed by atoms with van der Waals surface area (Å²) in [7, 11) is -10.1. The number of benzene rings is 3. The first kappa shape index (κ1) is 33.4. The van der Waals surface area contributed by atoms with Crippen LogP contribution in [0.1, 0.15) is 37.3 Å². The summed E-state index contributed by atoms with van der Waals surface area (Å²) >= 11 is 0. The maximum absolute atomic E-state index is 13.7. The van der Waals surface area contributed by atoms with Crippen LogP contribution in [0, 0.1) is 0 Å². The van der Waals surface area contributed by atoms with Gasteiger partial charge in [0.05, 0.1) is 16.7 Å². The quantitative estimate of drug-likeness (QED) is 0.214. The summed E-state index contributed by atoms with van der Waals surface area (Å²) in [5, 5.41) is -1.71. The normalized spacial score (nSPS) is 16.7. The van der Waals surface area contributed by atoms with Gasteiger partial charge in [-0.2, -0.15) is 0 Å². The molecule has 3 amide bonds. The van der Waals surface area contributed by atoms with Crippen LogP contribution in [0.15, 0.2) is 72.8 Å². The van der Waals surface area contributed by atoms with Crippen molar-refractivity contribution in [1.29, 1.82) is 0 Å². The number of rotatable bonds is 9. The molecule has 0 aliphatic carbocycles. The molecule has 3 aromatic carbocycles. The molecule has 2 atom stereocenters. The van der Waals surface area contributed by atoms with Crippen LogP contribution in [0.5, 0.6) is 0 Å². The van der Waals surface area contributed by atoms with Crippen molar-refractivity contribution in [2.45, 2.75) is 51.2 Å². The predicted molar refractivity (Wildman–Crippen MR) is 164 cm³/mol. The number of amides is 3. The van der Waals surface area contributed by atoms with Crippen molar-refractivity contribution in [2.24, 2.45) is 5.73 Å². The van der Waals surface area contributed by atoms with Gasteiger partial charge in [-0.1, -0.05) is 60.7 Å². The minimum absolute atomic E-state index is 0.109. The lowest BCUT2D eigenvalue weighted by Gasteiger charge is -2.32. The van der Waals surface area contributed by atoms with Gasteiger partial charge < -0.3 is 30.2 Å². The average molecular weight is 644 g/mol. The Hall–Kier alpha value is -3.47. The molecule has 1 heterocycles. The van der Waals surface area contributed by atoms with E-state index in [1.54, 1.807) is 4.90 Å². The second-order valence-corrected chi connectivity index (χ2v) is 13.9. The van der Waals surface area contributed by atoms with Gasteiger partial charge in [-0.05, 0) is 60.1 Å². The third-order valence-electron chi connectivity index (χ3n) is 7.52. The molecule has 0 bridgehead atoms. The van der Waals surface area contributed by atoms with E-state index in [9.17, 15) is 43.1 Å². The van der Waals surface area contributed by atoms with Gasteiger partial charge in [-0.3, -0.25) is 28.4 Å². The summed E-state index contributed by atoms with van der Waals surface area (Å²) in [6, 6.07) is 18.2. The lowest BCUT2D eigenvalue weighted by Crippen LogP contribution is -2.56. The van der Waals surface area contributed by atoms with E-state index in [1.165, 1.54) is 6.07 Å². The van der Waals surface area contributed by atoms with Gasteiger partial charge in [0.25, 0.3) is 0 Å². The lowest BCUT2D eigenvalue weighted by atomic mass is 10.0. The van der Waals surface area contributed by atoms with E-state index in [2.05, 4.69) is 0 Å². The van der Waals surface area contributed by atoms with E-state index in [0.717, 1.165) is 40.6 Å². The van der Waals surface area contributed by atoms with Crippen molar-refractivity contribution < 1.29 is 43.1 Å². The highest BCUT2D eigenvalue weighted by molar-refractivity contribution is 7.67. The molecule has 12 nitrogen and oxygen atoms in total. The Morgan fingerprint density at radius 2 is 1.48 bits per heavy atom. The highest BCUT2D eigenvalue weighted by Gasteiger charge is 2.39. The summed E-state index contributed by atoms with van der Waals surface area (Å²) in [5.74, 6) is -1.91. The molecule has 2 unspecified atom stereocenters. The van der Waals surface area contributed by atoms with E-state index >= 15 is 0 Å². The molecule has 0 radical (unpaired) electrons. The van der Waals surface area contributed by atoms with Crippen molar-refractivity contribution in [3.8, 4) is 11.1 Å². The molecule has 6 N–H and O–H groups in total. The Bertz CT molecular complexity index is 1620. The monoisotopic (exact) mass is 643 g/mol. The Morgan fingerprint density at radius 1 is 0.886 bits per heavy atom. The van der Waals surface area contributed by atoms with Gasteiger partial charge in [0.1, 0.15) is 6.04 Å². The SMILES string of the molecule is CC(=O)N(C(=O)C(N)Cc1ccc(P(=O)(O)O)c(P(=O)(O)O)c1)C1CCCCN(Cc2ccc(-c3ccccc3)cc2)C1=O. The molecular weight excluding hydrogens is 608 g/mol. The van der Waals surface area contributed by atoms with E-state index in [-0.39, 0.29) is 30.9 Å². The molecule has 234 valence electrons. The zero-order valence-corrected chi connectivity index (χ0v) is 25.8. The van der Waals surface area contributed by atoms with Crippen LogP contribution in [-0.4, -0.2) is 65.7 Å². The Morgan fingerprint density at radius 3 is 2.07 bits per heavy atom. The molecule has 0 aromatic heterocycles. The van der Waals surface area contributed by atoms with Crippen LogP contribution in [0.3, 0.4) is 0 Å². The fourth-order valence-electron chi connectivity index (χ4n) is 5.36. The van der Waals surface area contributed by atoms with Crippen LogP contribution in [0.2, 0.25) is 0 Å². The number of nitrogens with two attached hydrogens (primary N) is 1. The number of carbonyl (C=O) groups excluding carboxylic acids is 3. The number of hydrogen-bond donors (Lipinski definition) is 5. The number of carbonyl (C=O) groups is 3. The van der Waals surface area contributed by atoms with Crippen LogP contribution < -0.4 is 16.3 Å². The maximum Gasteiger partial charge on any atom is 0.357 e. The van der Waals surface area contributed by atoms with Gasteiger partial charge in [0, 0.05) is 20.0 Å². The van der Waals surface area contributed by atoms with Gasteiger partial charge in [-0.25, -0.2) is 0 Å². The summed E-state index contributed by atoms with van der Waals surface area (Å²) in [5.41, 5.74) is 9.25. The topological polar surface area (TPSA) is 199 Å². The van der Waals surface area contributed by atoms with Crippen LogP contribution >= 0.6 is 15.2 Å². The predicted octanol–water partition coefficient (Wildman–Crippen LogP) is 1.79.